The molecule has 0 bridgehead atoms. The topological polar surface area (TPSA) is 42.9 Å². The molecule has 2 aliphatic heterocycles. The van der Waals surface area contributed by atoms with Gasteiger partial charge in [-0.25, -0.2) is 0 Å². The standard InChI is InChI=1S/C19H39N5/c1-4-18-10-6-7-13-24(18)14-11-21-19(20-3)22-15-17-9-8-12-23(5-2)16-17/h17-18H,4-16H2,1-3H3,(H2,20,21,22). The summed E-state index contributed by atoms with van der Waals surface area (Å²) in [4.78, 5) is 9.62. The third kappa shape index (κ3) is 6.25. The second kappa shape index (κ2) is 10.9. The van der Waals surface area contributed by atoms with E-state index in [-0.39, 0.29) is 0 Å². The summed E-state index contributed by atoms with van der Waals surface area (Å²) in [6, 6.07) is 0.790. The molecule has 0 aromatic carbocycles. The van der Waals surface area contributed by atoms with Crippen LogP contribution in [0.2, 0.25) is 0 Å². The molecule has 0 saturated carbocycles. The molecule has 24 heavy (non-hydrogen) atoms. The Kier molecular flexibility index (Phi) is 8.89. The molecule has 2 saturated heterocycles. The van der Waals surface area contributed by atoms with Gasteiger partial charge < -0.3 is 15.5 Å². The van der Waals surface area contributed by atoms with Crippen molar-refractivity contribution in [1.82, 2.24) is 20.4 Å². The number of rotatable bonds is 7. The summed E-state index contributed by atoms with van der Waals surface area (Å²) in [5.74, 6) is 1.72. The minimum Gasteiger partial charge on any atom is -0.356 e. The maximum atomic E-state index is 4.40. The van der Waals surface area contributed by atoms with Crippen LogP contribution < -0.4 is 10.6 Å². The Hall–Kier alpha value is -0.810. The van der Waals surface area contributed by atoms with Crippen LogP contribution >= 0.6 is 0 Å². The van der Waals surface area contributed by atoms with Gasteiger partial charge in [-0.05, 0) is 57.7 Å². The van der Waals surface area contributed by atoms with E-state index in [0.29, 0.717) is 0 Å². The molecule has 5 heteroatoms. The second-order valence-electron chi connectivity index (χ2n) is 7.38. The number of hydrogen-bond acceptors (Lipinski definition) is 3. The van der Waals surface area contributed by atoms with Gasteiger partial charge in [0.25, 0.3) is 0 Å². The summed E-state index contributed by atoms with van der Waals surface area (Å²) in [7, 11) is 1.88. The van der Waals surface area contributed by atoms with E-state index in [1.54, 1.807) is 0 Å². The smallest absolute Gasteiger partial charge is 0.191 e. The molecule has 5 nitrogen and oxygen atoms in total. The number of likely N-dealkylation sites (tertiary alicyclic amines) is 2. The number of hydrogen-bond donors (Lipinski definition) is 2. The molecule has 2 aliphatic rings. The third-order valence-corrected chi connectivity index (χ3v) is 5.74. The van der Waals surface area contributed by atoms with Crippen LogP contribution in [0.15, 0.2) is 4.99 Å². The average Bonchev–Trinajstić information content (AvgIpc) is 2.65. The summed E-state index contributed by atoms with van der Waals surface area (Å²) >= 11 is 0. The third-order valence-electron chi connectivity index (χ3n) is 5.74. The summed E-state index contributed by atoms with van der Waals surface area (Å²) in [5.41, 5.74) is 0. The maximum absolute atomic E-state index is 4.40. The molecule has 2 unspecified atom stereocenters. The molecule has 0 radical (unpaired) electrons. The molecule has 0 aromatic heterocycles. The van der Waals surface area contributed by atoms with Crippen LogP contribution in [0.1, 0.15) is 52.4 Å². The van der Waals surface area contributed by atoms with Gasteiger partial charge in [-0.3, -0.25) is 9.89 Å². The van der Waals surface area contributed by atoms with Gasteiger partial charge in [-0.2, -0.15) is 0 Å². The zero-order valence-corrected chi connectivity index (χ0v) is 16.2. The molecular weight excluding hydrogens is 298 g/mol. The van der Waals surface area contributed by atoms with Gasteiger partial charge in [0.1, 0.15) is 0 Å². The van der Waals surface area contributed by atoms with E-state index in [1.165, 1.54) is 64.7 Å². The zero-order valence-electron chi connectivity index (χ0n) is 16.2. The molecular formula is C19H39N5. The van der Waals surface area contributed by atoms with Crippen LogP contribution in [-0.4, -0.2) is 74.7 Å². The normalized spacial score (nSPS) is 27.2. The maximum Gasteiger partial charge on any atom is 0.191 e. The molecule has 0 aliphatic carbocycles. The molecule has 2 rings (SSSR count). The fourth-order valence-corrected chi connectivity index (χ4v) is 4.20. The lowest BCUT2D eigenvalue weighted by Gasteiger charge is -2.35. The van der Waals surface area contributed by atoms with Crippen LogP contribution in [0.3, 0.4) is 0 Å². The Balaban J connectivity index is 1.65. The van der Waals surface area contributed by atoms with Gasteiger partial charge in [-0.15, -0.1) is 0 Å². The van der Waals surface area contributed by atoms with E-state index < -0.39 is 0 Å². The quantitative estimate of drug-likeness (QED) is 0.552. The van der Waals surface area contributed by atoms with Crippen molar-refractivity contribution in [1.29, 1.82) is 0 Å². The molecule has 2 N–H and O–H groups in total. The lowest BCUT2D eigenvalue weighted by atomic mass is 9.98. The number of aliphatic imine (C=N–C) groups is 1. The zero-order chi connectivity index (χ0) is 17.2. The highest BCUT2D eigenvalue weighted by Gasteiger charge is 2.21. The Morgan fingerprint density at radius 2 is 1.96 bits per heavy atom. The highest BCUT2D eigenvalue weighted by molar-refractivity contribution is 5.79. The van der Waals surface area contributed by atoms with Crippen LogP contribution in [0.5, 0.6) is 0 Å². The number of piperidine rings is 2. The fourth-order valence-electron chi connectivity index (χ4n) is 4.20. The van der Waals surface area contributed by atoms with E-state index in [0.717, 1.165) is 37.6 Å². The van der Waals surface area contributed by atoms with Gasteiger partial charge in [0.15, 0.2) is 5.96 Å². The second-order valence-corrected chi connectivity index (χ2v) is 7.38. The summed E-state index contributed by atoms with van der Waals surface area (Å²) in [6.45, 7) is 12.7. The Morgan fingerprint density at radius 3 is 2.71 bits per heavy atom. The van der Waals surface area contributed by atoms with Crippen molar-refractivity contribution in [2.45, 2.75) is 58.4 Å². The Labute approximate surface area is 149 Å². The van der Waals surface area contributed by atoms with E-state index in [9.17, 15) is 0 Å². The first-order chi connectivity index (χ1) is 11.8. The van der Waals surface area contributed by atoms with Crippen LogP contribution in [0, 0.1) is 5.92 Å². The lowest BCUT2D eigenvalue weighted by Crippen LogP contribution is -2.47. The minimum atomic E-state index is 0.754. The molecule has 0 amide bonds. The van der Waals surface area contributed by atoms with Crippen molar-refractivity contribution >= 4 is 5.96 Å². The van der Waals surface area contributed by atoms with E-state index in [1.807, 2.05) is 7.05 Å². The van der Waals surface area contributed by atoms with Gasteiger partial charge >= 0.3 is 0 Å². The minimum absolute atomic E-state index is 0.754. The SMILES string of the molecule is CCC1CCCCN1CCNC(=NC)NCC1CCCN(CC)C1. The first kappa shape index (κ1) is 19.5. The van der Waals surface area contributed by atoms with E-state index >= 15 is 0 Å². The molecule has 2 heterocycles. The van der Waals surface area contributed by atoms with E-state index in [4.69, 9.17) is 0 Å². The molecule has 2 atom stereocenters. The van der Waals surface area contributed by atoms with Crippen molar-refractivity contribution in [3.05, 3.63) is 0 Å². The molecule has 0 aromatic rings. The van der Waals surface area contributed by atoms with Gasteiger partial charge in [0.05, 0.1) is 0 Å². The fraction of sp³-hybridized carbons (Fsp3) is 0.947. The first-order valence-electron chi connectivity index (χ1n) is 10.2. The van der Waals surface area contributed by atoms with Crippen LogP contribution in [0.25, 0.3) is 0 Å². The predicted molar refractivity (Wildman–Crippen MR) is 104 cm³/mol. The predicted octanol–water partition coefficient (Wildman–Crippen LogP) is 2.15. The van der Waals surface area contributed by atoms with Crippen molar-refractivity contribution in [2.75, 3.05) is 52.9 Å². The van der Waals surface area contributed by atoms with Gasteiger partial charge in [0.2, 0.25) is 0 Å². The van der Waals surface area contributed by atoms with E-state index in [2.05, 4.69) is 39.3 Å². The largest absolute Gasteiger partial charge is 0.356 e. The van der Waals surface area contributed by atoms with Crippen LogP contribution in [-0.2, 0) is 0 Å². The average molecular weight is 338 g/mol. The highest BCUT2D eigenvalue weighted by atomic mass is 15.2. The van der Waals surface area contributed by atoms with Crippen molar-refractivity contribution in [3.63, 3.8) is 0 Å². The Morgan fingerprint density at radius 1 is 1.08 bits per heavy atom. The number of guanidine groups is 1. The lowest BCUT2D eigenvalue weighted by molar-refractivity contribution is 0.147. The van der Waals surface area contributed by atoms with Gasteiger partial charge in [-0.1, -0.05) is 20.3 Å². The summed E-state index contributed by atoms with van der Waals surface area (Å²) in [6.07, 6.45) is 8.09. The molecule has 140 valence electrons. The number of nitrogens with zero attached hydrogens (tertiary/aromatic N) is 3. The summed E-state index contributed by atoms with van der Waals surface area (Å²) < 4.78 is 0. The molecule has 0 spiro atoms. The summed E-state index contributed by atoms with van der Waals surface area (Å²) in [5, 5.41) is 7.05. The monoisotopic (exact) mass is 337 g/mol. The first-order valence-corrected chi connectivity index (χ1v) is 10.2. The van der Waals surface area contributed by atoms with Crippen molar-refractivity contribution < 1.29 is 0 Å². The van der Waals surface area contributed by atoms with Crippen molar-refractivity contribution in [3.8, 4) is 0 Å². The van der Waals surface area contributed by atoms with Gasteiger partial charge in [0, 0.05) is 39.3 Å². The Bertz CT molecular complexity index is 371. The van der Waals surface area contributed by atoms with Crippen molar-refractivity contribution in [2.24, 2.45) is 10.9 Å². The molecule has 2 fully saturated rings. The highest BCUT2D eigenvalue weighted by Crippen LogP contribution is 2.18. The number of nitrogens with one attached hydrogen (secondary N) is 2. The van der Waals surface area contributed by atoms with Crippen LogP contribution in [0.4, 0.5) is 0 Å².